The van der Waals surface area contributed by atoms with E-state index in [-0.39, 0.29) is 0 Å². The van der Waals surface area contributed by atoms with E-state index in [1.807, 2.05) is 30.3 Å². The topological polar surface area (TPSA) is 34.1 Å². The van der Waals surface area contributed by atoms with Crippen molar-refractivity contribution in [1.82, 2.24) is 4.98 Å². The SMILES string of the molecule is CCCCCOc1ccc(CNc2ccccn2)cc1. The molecule has 1 heterocycles. The first-order chi connectivity index (χ1) is 9.88. The van der Waals surface area contributed by atoms with Crippen molar-refractivity contribution in [3.8, 4) is 5.75 Å². The largest absolute Gasteiger partial charge is 0.494 e. The van der Waals surface area contributed by atoms with Crippen molar-refractivity contribution < 1.29 is 4.74 Å². The summed E-state index contributed by atoms with van der Waals surface area (Å²) >= 11 is 0. The van der Waals surface area contributed by atoms with Gasteiger partial charge in [-0.15, -0.1) is 0 Å². The zero-order valence-electron chi connectivity index (χ0n) is 12.0. The molecule has 0 amide bonds. The van der Waals surface area contributed by atoms with E-state index in [0.29, 0.717) is 0 Å². The van der Waals surface area contributed by atoms with Crippen LogP contribution in [-0.4, -0.2) is 11.6 Å². The summed E-state index contributed by atoms with van der Waals surface area (Å²) in [7, 11) is 0. The molecule has 0 spiro atoms. The molecule has 0 atom stereocenters. The smallest absolute Gasteiger partial charge is 0.126 e. The van der Waals surface area contributed by atoms with Crippen LogP contribution in [0.15, 0.2) is 48.7 Å². The van der Waals surface area contributed by atoms with E-state index >= 15 is 0 Å². The maximum Gasteiger partial charge on any atom is 0.126 e. The van der Waals surface area contributed by atoms with Gasteiger partial charge in [0.05, 0.1) is 6.61 Å². The van der Waals surface area contributed by atoms with E-state index in [1.54, 1.807) is 6.20 Å². The molecule has 1 N–H and O–H groups in total. The average molecular weight is 270 g/mol. The standard InChI is InChI=1S/C17H22N2O/c1-2-3-6-13-20-16-10-8-15(9-11-16)14-19-17-7-4-5-12-18-17/h4-5,7-12H,2-3,6,13-14H2,1H3,(H,18,19). The molecule has 0 aliphatic carbocycles. The van der Waals surface area contributed by atoms with Gasteiger partial charge in [-0.25, -0.2) is 4.98 Å². The molecule has 20 heavy (non-hydrogen) atoms. The molecule has 0 saturated heterocycles. The molecule has 106 valence electrons. The van der Waals surface area contributed by atoms with Crippen molar-refractivity contribution in [2.24, 2.45) is 0 Å². The molecule has 2 rings (SSSR count). The number of nitrogens with zero attached hydrogens (tertiary/aromatic N) is 1. The third-order valence-corrected chi connectivity index (χ3v) is 3.08. The fourth-order valence-electron chi connectivity index (χ4n) is 1.91. The number of benzene rings is 1. The molecule has 0 aliphatic rings. The minimum Gasteiger partial charge on any atom is -0.494 e. The summed E-state index contributed by atoms with van der Waals surface area (Å²) in [6.45, 7) is 3.77. The number of nitrogens with one attached hydrogen (secondary N) is 1. The Bertz CT molecular complexity index is 482. The summed E-state index contributed by atoms with van der Waals surface area (Å²) in [5, 5.41) is 3.29. The van der Waals surface area contributed by atoms with E-state index in [4.69, 9.17) is 4.74 Å². The van der Waals surface area contributed by atoms with Crippen LogP contribution in [0.4, 0.5) is 5.82 Å². The van der Waals surface area contributed by atoms with Crippen LogP contribution in [0.3, 0.4) is 0 Å². The third-order valence-electron chi connectivity index (χ3n) is 3.08. The van der Waals surface area contributed by atoms with Gasteiger partial charge in [-0.3, -0.25) is 0 Å². The first-order valence-electron chi connectivity index (χ1n) is 7.25. The van der Waals surface area contributed by atoms with Crippen molar-refractivity contribution in [2.75, 3.05) is 11.9 Å². The van der Waals surface area contributed by atoms with Crippen molar-refractivity contribution in [3.05, 3.63) is 54.2 Å². The number of pyridine rings is 1. The summed E-state index contributed by atoms with van der Waals surface area (Å²) in [5.74, 6) is 1.84. The summed E-state index contributed by atoms with van der Waals surface area (Å²) in [6, 6.07) is 14.1. The predicted molar refractivity (Wildman–Crippen MR) is 83.0 cm³/mol. The van der Waals surface area contributed by atoms with E-state index < -0.39 is 0 Å². The molecule has 0 saturated carbocycles. The van der Waals surface area contributed by atoms with Gasteiger partial charge >= 0.3 is 0 Å². The Morgan fingerprint density at radius 3 is 2.60 bits per heavy atom. The minimum atomic E-state index is 0.771. The van der Waals surface area contributed by atoms with Gasteiger partial charge in [0.2, 0.25) is 0 Å². The maximum atomic E-state index is 5.69. The summed E-state index contributed by atoms with van der Waals surface area (Å²) in [4.78, 5) is 4.23. The van der Waals surface area contributed by atoms with Gasteiger partial charge in [0.15, 0.2) is 0 Å². The zero-order chi connectivity index (χ0) is 14.0. The first kappa shape index (κ1) is 14.4. The Morgan fingerprint density at radius 1 is 1.05 bits per heavy atom. The lowest BCUT2D eigenvalue weighted by atomic mass is 10.2. The highest BCUT2D eigenvalue weighted by Crippen LogP contribution is 2.14. The fraction of sp³-hybridized carbons (Fsp3) is 0.353. The molecule has 3 heteroatoms. The normalized spacial score (nSPS) is 10.2. The highest BCUT2D eigenvalue weighted by Gasteiger charge is 1.97. The predicted octanol–water partition coefficient (Wildman–Crippen LogP) is 4.26. The van der Waals surface area contributed by atoms with Crippen molar-refractivity contribution in [3.63, 3.8) is 0 Å². The Balaban J connectivity index is 1.76. The molecule has 0 unspecified atom stereocenters. The number of anilines is 1. The maximum absolute atomic E-state index is 5.69. The Hall–Kier alpha value is -2.03. The lowest BCUT2D eigenvalue weighted by Crippen LogP contribution is -2.01. The zero-order valence-corrected chi connectivity index (χ0v) is 12.0. The lowest BCUT2D eigenvalue weighted by Gasteiger charge is -2.08. The highest BCUT2D eigenvalue weighted by molar-refractivity contribution is 5.35. The number of unbranched alkanes of at least 4 members (excludes halogenated alkanes) is 2. The van der Waals surface area contributed by atoms with Gasteiger partial charge in [0.25, 0.3) is 0 Å². The van der Waals surface area contributed by atoms with E-state index in [1.165, 1.54) is 18.4 Å². The van der Waals surface area contributed by atoms with E-state index in [0.717, 1.165) is 31.1 Å². The van der Waals surface area contributed by atoms with Crippen LogP contribution in [0.1, 0.15) is 31.7 Å². The molecule has 3 nitrogen and oxygen atoms in total. The quantitative estimate of drug-likeness (QED) is 0.728. The van der Waals surface area contributed by atoms with Gasteiger partial charge in [-0.2, -0.15) is 0 Å². The molecule has 2 aromatic rings. The Labute approximate surface area is 121 Å². The average Bonchev–Trinajstić information content (AvgIpc) is 2.52. The number of hydrogen-bond donors (Lipinski definition) is 1. The first-order valence-corrected chi connectivity index (χ1v) is 7.25. The molecule has 1 aromatic heterocycles. The van der Waals surface area contributed by atoms with Crippen molar-refractivity contribution in [1.29, 1.82) is 0 Å². The summed E-state index contributed by atoms with van der Waals surface area (Å²) in [6.07, 6.45) is 5.36. The highest BCUT2D eigenvalue weighted by atomic mass is 16.5. The molecular formula is C17H22N2O. The van der Waals surface area contributed by atoms with E-state index in [2.05, 4.69) is 29.4 Å². The molecule has 0 aliphatic heterocycles. The van der Waals surface area contributed by atoms with Crippen LogP contribution in [0, 0.1) is 0 Å². The number of hydrogen-bond acceptors (Lipinski definition) is 3. The number of rotatable bonds is 8. The second kappa shape index (κ2) is 8.20. The van der Waals surface area contributed by atoms with Gasteiger partial charge in [-0.1, -0.05) is 38.0 Å². The second-order valence-corrected chi connectivity index (χ2v) is 4.77. The summed E-state index contributed by atoms with van der Waals surface area (Å²) in [5.41, 5.74) is 1.22. The molecule has 0 fully saturated rings. The van der Waals surface area contributed by atoms with Crippen LogP contribution < -0.4 is 10.1 Å². The third kappa shape index (κ3) is 4.92. The van der Waals surface area contributed by atoms with Crippen LogP contribution >= 0.6 is 0 Å². The van der Waals surface area contributed by atoms with Gasteiger partial charge < -0.3 is 10.1 Å². The fourth-order valence-corrected chi connectivity index (χ4v) is 1.91. The summed E-state index contributed by atoms with van der Waals surface area (Å²) < 4.78 is 5.69. The Kier molecular flexibility index (Phi) is 5.90. The van der Waals surface area contributed by atoms with Gasteiger partial charge in [0, 0.05) is 12.7 Å². The second-order valence-electron chi connectivity index (χ2n) is 4.77. The molecule has 1 aromatic carbocycles. The molecule has 0 bridgehead atoms. The minimum absolute atomic E-state index is 0.771. The van der Waals surface area contributed by atoms with Gasteiger partial charge in [0.1, 0.15) is 11.6 Å². The monoisotopic (exact) mass is 270 g/mol. The Morgan fingerprint density at radius 2 is 1.90 bits per heavy atom. The molecule has 0 radical (unpaired) electrons. The van der Waals surface area contributed by atoms with Crippen LogP contribution in [0.25, 0.3) is 0 Å². The van der Waals surface area contributed by atoms with Crippen molar-refractivity contribution in [2.45, 2.75) is 32.7 Å². The number of aromatic nitrogens is 1. The van der Waals surface area contributed by atoms with E-state index in [9.17, 15) is 0 Å². The van der Waals surface area contributed by atoms with Crippen molar-refractivity contribution >= 4 is 5.82 Å². The lowest BCUT2D eigenvalue weighted by molar-refractivity contribution is 0.306. The molecular weight excluding hydrogens is 248 g/mol. The van der Waals surface area contributed by atoms with Crippen LogP contribution in [-0.2, 0) is 6.54 Å². The number of ether oxygens (including phenoxy) is 1. The van der Waals surface area contributed by atoms with Gasteiger partial charge in [-0.05, 0) is 36.2 Å². The van der Waals surface area contributed by atoms with Crippen LogP contribution in [0.5, 0.6) is 5.75 Å². The van der Waals surface area contributed by atoms with Crippen LogP contribution in [0.2, 0.25) is 0 Å².